The lowest BCUT2D eigenvalue weighted by Crippen LogP contribution is -2.47. The molecule has 0 spiro atoms. The molecule has 3 atom stereocenters. The molecule has 2 saturated heterocycles. The molecular formula is C29H38FN5O9. The van der Waals surface area contributed by atoms with Crippen molar-refractivity contribution in [3.8, 4) is 12.3 Å². The molecule has 0 unspecified atom stereocenters. The van der Waals surface area contributed by atoms with E-state index in [-0.39, 0.29) is 30.4 Å². The van der Waals surface area contributed by atoms with Crippen LogP contribution in [0.1, 0.15) is 83.3 Å². The van der Waals surface area contributed by atoms with Gasteiger partial charge < -0.3 is 29.5 Å². The highest BCUT2D eigenvalue weighted by Gasteiger charge is 2.48. The highest BCUT2D eigenvalue weighted by atomic mass is 19.1. The summed E-state index contributed by atoms with van der Waals surface area (Å²) in [6.45, 7) is -1.68. The molecule has 0 aliphatic carbocycles. The van der Waals surface area contributed by atoms with Crippen LogP contribution in [0.25, 0.3) is 11.2 Å². The molecule has 0 radical (unpaired) electrons. The lowest BCUT2D eigenvalue weighted by molar-refractivity contribution is -0.147. The number of carbonyl (C=O) groups excluding carboxylic acids is 2. The summed E-state index contributed by atoms with van der Waals surface area (Å²) in [5.41, 5.74) is -2.06. The fraction of sp³-hybridized carbons (Fsp3) is 0.655. The molecule has 2 aromatic heterocycles. The van der Waals surface area contributed by atoms with Gasteiger partial charge in [0.05, 0.1) is 12.9 Å². The van der Waals surface area contributed by atoms with Gasteiger partial charge in [0.1, 0.15) is 31.6 Å². The average molecular weight is 620 g/mol. The molecule has 2 aliphatic rings. The molecular weight excluding hydrogens is 581 g/mol. The Morgan fingerprint density at radius 2 is 1.61 bits per heavy atom. The molecule has 4 rings (SSSR count). The number of carboxylic acid groups (broad SMARTS) is 1. The summed E-state index contributed by atoms with van der Waals surface area (Å²) in [6, 6.07) is -1.30. The van der Waals surface area contributed by atoms with Gasteiger partial charge in [0.2, 0.25) is 0 Å². The molecule has 0 aromatic carbocycles. The molecule has 44 heavy (non-hydrogen) atoms. The third-order valence-corrected chi connectivity index (χ3v) is 7.91. The van der Waals surface area contributed by atoms with Crippen LogP contribution >= 0.6 is 0 Å². The number of aliphatic hydroxyl groups is 2. The van der Waals surface area contributed by atoms with Gasteiger partial charge in [-0.05, 0) is 12.8 Å². The van der Waals surface area contributed by atoms with Crippen molar-refractivity contribution in [1.29, 1.82) is 0 Å². The quantitative estimate of drug-likeness (QED) is 0.258. The standard InChI is InChI=1S/C29H38FN5O9/c1-2-29(17-36)20(37)14-21(44-29)34-18-31-24-25(34)32-27(30)33-26(24)35(28(40)41)19-15-42-22(38)12-10-8-6-4-3-5-7-9-11-13-23(39)43-16-19/h1,18-21,36-37H,3-17H2,(H,40,41)/t20-,21+,29+/m0/s1. The van der Waals surface area contributed by atoms with Gasteiger partial charge in [0.25, 0.3) is 0 Å². The minimum absolute atomic E-state index is 0.103. The van der Waals surface area contributed by atoms with Crippen molar-refractivity contribution >= 4 is 35.0 Å². The highest BCUT2D eigenvalue weighted by molar-refractivity contribution is 5.95. The first-order valence-corrected chi connectivity index (χ1v) is 14.9. The van der Waals surface area contributed by atoms with E-state index in [0.29, 0.717) is 17.7 Å². The number of carbonyl (C=O) groups is 3. The summed E-state index contributed by atoms with van der Waals surface area (Å²) in [6.07, 6.45) is 9.79. The van der Waals surface area contributed by atoms with Crippen LogP contribution in [0.5, 0.6) is 0 Å². The number of ether oxygens (including phenoxy) is 3. The number of anilines is 1. The Labute approximate surface area is 253 Å². The molecule has 2 aromatic rings. The van der Waals surface area contributed by atoms with Crippen LogP contribution in [0.15, 0.2) is 6.33 Å². The van der Waals surface area contributed by atoms with E-state index < -0.39 is 73.7 Å². The molecule has 1 amide bonds. The fourth-order valence-electron chi connectivity index (χ4n) is 5.41. The SMILES string of the molecule is C#C[C@]1(CO)O[C@@H](n2cnc3c(N(C(=O)O)C4COC(=O)CCCCCCCCCCCC(=O)OC4)nc(F)nc32)C[C@@H]1O. The Hall–Kier alpha value is -3.87. The lowest BCUT2D eigenvalue weighted by atomic mass is 9.99. The molecule has 240 valence electrons. The second kappa shape index (κ2) is 15.2. The van der Waals surface area contributed by atoms with Crippen molar-refractivity contribution in [1.82, 2.24) is 19.5 Å². The number of halogens is 1. The number of rotatable bonds is 4. The summed E-state index contributed by atoms with van der Waals surface area (Å²) < 4.78 is 32.6. The zero-order chi connectivity index (χ0) is 31.7. The summed E-state index contributed by atoms with van der Waals surface area (Å²) in [4.78, 5) is 49.9. The van der Waals surface area contributed by atoms with Gasteiger partial charge in [0.15, 0.2) is 22.6 Å². The van der Waals surface area contributed by atoms with E-state index in [1.165, 1.54) is 10.9 Å². The number of amides is 1. The van der Waals surface area contributed by atoms with E-state index in [9.17, 15) is 34.1 Å². The van der Waals surface area contributed by atoms with Crippen LogP contribution in [-0.4, -0.2) is 90.4 Å². The van der Waals surface area contributed by atoms with Crippen LogP contribution in [0.3, 0.4) is 0 Å². The first kappa shape index (κ1) is 33.0. The number of nitrogens with zero attached hydrogens (tertiary/aromatic N) is 5. The third-order valence-electron chi connectivity index (χ3n) is 7.91. The van der Waals surface area contributed by atoms with E-state index in [4.69, 9.17) is 20.6 Å². The van der Waals surface area contributed by atoms with E-state index in [0.717, 1.165) is 44.9 Å². The average Bonchev–Trinajstić information content (AvgIpc) is 3.57. The molecule has 2 aliphatic heterocycles. The van der Waals surface area contributed by atoms with Crippen molar-refractivity contribution in [3.63, 3.8) is 0 Å². The van der Waals surface area contributed by atoms with E-state index in [1.54, 1.807) is 0 Å². The maximum atomic E-state index is 14.9. The molecule has 15 heteroatoms. The van der Waals surface area contributed by atoms with Crippen molar-refractivity contribution in [2.45, 2.75) is 101 Å². The zero-order valence-electron chi connectivity index (χ0n) is 24.4. The topological polar surface area (TPSA) is 186 Å². The Morgan fingerprint density at radius 3 is 2.11 bits per heavy atom. The first-order chi connectivity index (χ1) is 21.2. The Bertz CT molecular complexity index is 1340. The number of imidazole rings is 1. The number of aliphatic hydroxyl groups excluding tert-OH is 2. The van der Waals surface area contributed by atoms with Gasteiger partial charge >= 0.3 is 24.1 Å². The van der Waals surface area contributed by atoms with Crippen LogP contribution in [0.2, 0.25) is 0 Å². The number of aromatic nitrogens is 4. The van der Waals surface area contributed by atoms with E-state index in [1.807, 2.05) is 0 Å². The number of hydrogen-bond acceptors (Lipinski definition) is 11. The maximum Gasteiger partial charge on any atom is 0.413 e. The predicted molar refractivity (Wildman–Crippen MR) is 152 cm³/mol. The number of esters is 2. The van der Waals surface area contributed by atoms with Gasteiger partial charge in [0, 0.05) is 19.3 Å². The fourth-order valence-corrected chi connectivity index (χ4v) is 5.41. The van der Waals surface area contributed by atoms with Crippen LogP contribution in [-0.2, 0) is 23.8 Å². The van der Waals surface area contributed by atoms with Crippen molar-refractivity contribution in [2.75, 3.05) is 24.7 Å². The Balaban J connectivity index is 1.63. The second-order valence-corrected chi connectivity index (χ2v) is 11.0. The summed E-state index contributed by atoms with van der Waals surface area (Å²) in [5.74, 6) is 0.661. The minimum Gasteiger partial charge on any atom is -0.465 e. The summed E-state index contributed by atoms with van der Waals surface area (Å²) >= 11 is 0. The normalized spacial score (nSPS) is 25.4. The largest absolute Gasteiger partial charge is 0.465 e. The van der Waals surface area contributed by atoms with Gasteiger partial charge in [-0.2, -0.15) is 14.4 Å². The second-order valence-electron chi connectivity index (χ2n) is 11.0. The number of hydrogen-bond donors (Lipinski definition) is 3. The smallest absolute Gasteiger partial charge is 0.413 e. The van der Waals surface area contributed by atoms with E-state index in [2.05, 4.69) is 20.9 Å². The van der Waals surface area contributed by atoms with Gasteiger partial charge in [-0.25, -0.2) is 14.7 Å². The Kier molecular flexibility index (Phi) is 11.4. The van der Waals surface area contributed by atoms with Gasteiger partial charge in [-0.1, -0.05) is 50.9 Å². The van der Waals surface area contributed by atoms with Crippen LogP contribution < -0.4 is 4.90 Å². The van der Waals surface area contributed by atoms with Crippen molar-refractivity contribution in [2.24, 2.45) is 0 Å². The molecule has 3 N–H and O–H groups in total. The predicted octanol–water partition coefficient (Wildman–Crippen LogP) is 2.85. The van der Waals surface area contributed by atoms with Crippen molar-refractivity contribution < 1.29 is 48.3 Å². The zero-order valence-corrected chi connectivity index (χ0v) is 24.4. The lowest BCUT2D eigenvalue weighted by Gasteiger charge is -2.28. The van der Waals surface area contributed by atoms with Gasteiger partial charge in [-0.15, -0.1) is 6.42 Å². The molecule has 14 nitrogen and oxygen atoms in total. The van der Waals surface area contributed by atoms with Crippen LogP contribution in [0.4, 0.5) is 15.0 Å². The third kappa shape index (κ3) is 7.79. The van der Waals surface area contributed by atoms with Crippen molar-refractivity contribution in [3.05, 3.63) is 12.4 Å². The monoisotopic (exact) mass is 619 g/mol. The number of cyclic esters (lactones) is 2. The molecule has 2 fully saturated rings. The highest BCUT2D eigenvalue weighted by Crippen LogP contribution is 2.38. The summed E-state index contributed by atoms with van der Waals surface area (Å²) in [5, 5.41) is 30.4. The van der Waals surface area contributed by atoms with Crippen LogP contribution in [0, 0.1) is 18.4 Å². The molecule has 0 saturated carbocycles. The number of terminal acetylenes is 1. The first-order valence-electron chi connectivity index (χ1n) is 14.9. The maximum absolute atomic E-state index is 14.9. The minimum atomic E-state index is -1.71. The summed E-state index contributed by atoms with van der Waals surface area (Å²) in [7, 11) is 0. The number of fused-ring (bicyclic) bond motifs is 1. The molecule has 4 heterocycles. The molecule has 0 bridgehead atoms. The van der Waals surface area contributed by atoms with Gasteiger partial charge in [-0.3, -0.25) is 14.2 Å². The Morgan fingerprint density at radius 1 is 1.05 bits per heavy atom. The van der Waals surface area contributed by atoms with E-state index >= 15 is 0 Å².